The van der Waals surface area contributed by atoms with Gasteiger partial charge in [0.2, 0.25) is 5.88 Å². The van der Waals surface area contributed by atoms with Crippen molar-refractivity contribution in [1.29, 1.82) is 0 Å². The molecule has 0 aliphatic carbocycles. The highest BCUT2D eigenvalue weighted by molar-refractivity contribution is 5.66. The van der Waals surface area contributed by atoms with Gasteiger partial charge in [0, 0.05) is 17.7 Å². The van der Waals surface area contributed by atoms with Gasteiger partial charge in [0.25, 0.3) is 0 Å². The molecule has 0 bridgehead atoms. The highest BCUT2D eigenvalue weighted by Crippen LogP contribution is 2.31. The molecular weight excluding hydrogens is 236 g/mol. The Balaban J connectivity index is 2.58. The van der Waals surface area contributed by atoms with Crippen LogP contribution in [0.3, 0.4) is 0 Å². The molecule has 0 aliphatic rings. The van der Waals surface area contributed by atoms with Gasteiger partial charge in [-0.3, -0.25) is 4.68 Å². The van der Waals surface area contributed by atoms with Gasteiger partial charge in [-0.15, -0.1) is 5.10 Å². The highest BCUT2D eigenvalue weighted by Gasteiger charge is 2.18. The summed E-state index contributed by atoms with van der Waals surface area (Å²) in [4.78, 5) is 0. The van der Waals surface area contributed by atoms with Gasteiger partial charge >= 0.3 is 0 Å². The Morgan fingerprint density at radius 3 is 2.63 bits per heavy atom. The van der Waals surface area contributed by atoms with Crippen molar-refractivity contribution in [3.63, 3.8) is 0 Å². The van der Waals surface area contributed by atoms with Gasteiger partial charge in [0.1, 0.15) is 0 Å². The lowest BCUT2D eigenvalue weighted by Gasteiger charge is -2.11. The molecule has 0 unspecified atom stereocenters. The van der Waals surface area contributed by atoms with Gasteiger partial charge in [0.15, 0.2) is 0 Å². The van der Waals surface area contributed by atoms with Crippen LogP contribution in [-0.4, -0.2) is 14.9 Å². The molecule has 2 rings (SSSR count). The maximum atomic E-state index is 10.0. The predicted octanol–water partition coefficient (Wildman–Crippen LogP) is 3.78. The van der Waals surface area contributed by atoms with Crippen LogP contribution in [0.25, 0.3) is 11.3 Å². The van der Waals surface area contributed by atoms with Crippen LogP contribution >= 0.6 is 0 Å². The zero-order valence-corrected chi connectivity index (χ0v) is 12.1. The van der Waals surface area contributed by atoms with Crippen molar-refractivity contribution >= 4 is 0 Å². The van der Waals surface area contributed by atoms with Gasteiger partial charge in [-0.05, 0) is 25.3 Å². The van der Waals surface area contributed by atoms with E-state index in [4.69, 9.17) is 0 Å². The molecule has 0 saturated carbocycles. The van der Waals surface area contributed by atoms with Crippen molar-refractivity contribution in [3.05, 3.63) is 35.4 Å². The first-order chi connectivity index (χ1) is 9.02. The monoisotopic (exact) mass is 258 g/mol. The second kappa shape index (κ2) is 5.47. The number of hydrogen-bond donors (Lipinski definition) is 1. The fourth-order valence-corrected chi connectivity index (χ4v) is 2.41. The third-order valence-electron chi connectivity index (χ3n) is 3.21. The van der Waals surface area contributed by atoms with Crippen LogP contribution in [0.5, 0.6) is 5.88 Å². The number of benzene rings is 1. The van der Waals surface area contributed by atoms with E-state index in [1.165, 1.54) is 5.56 Å². The molecule has 0 radical (unpaired) electrons. The van der Waals surface area contributed by atoms with E-state index >= 15 is 0 Å². The minimum Gasteiger partial charge on any atom is -0.492 e. The molecule has 19 heavy (non-hydrogen) atoms. The highest BCUT2D eigenvalue weighted by atomic mass is 16.3. The maximum Gasteiger partial charge on any atom is 0.234 e. The SMILES string of the molecule is CCc1c(O)nn(CC(C)C)c1-c1cccc(C)c1. The third-order valence-corrected chi connectivity index (χ3v) is 3.21. The Kier molecular flexibility index (Phi) is 3.93. The lowest BCUT2D eigenvalue weighted by molar-refractivity contribution is 0.418. The molecular formula is C16H22N2O. The maximum absolute atomic E-state index is 10.0. The number of hydrogen-bond acceptors (Lipinski definition) is 2. The van der Waals surface area contributed by atoms with Crippen LogP contribution in [0.15, 0.2) is 24.3 Å². The van der Waals surface area contributed by atoms with Crippen LogP contribution in [-0.2, 0) is 13.0 Å². The van der Waals surface area contributed by atoms with E-state index in [1.54, 1.807) is 0 Å². The van der Waals surface area contributed by atoms with E-state index in [1.807, 2.05) is 10.7 Å². The first kappa shape index (κ1) is 13.7. The van der Waals surface area contributed by atoms with Crippen LogP contribution in [0.4, 0.5) is 0 Å². The van der Waals surface area contributed by atoms with Crippen LogP contribution in [0.2, 0.25) is 0 Å². The third kappa shape index (κ3) is 2.80. The van der Waals surface area contributed by atoms with Crippen molar-refractivity contribution in [1.82, 2.24) is 9.78 Å². The Hall–Kier alpha value is -1.77. The van der Waals surface area contributed by atoms with E-state index in [9.17, 15) is 5.11 Å². The molecule has 0 fully saturated rings. The molecule has 1 heterocycles. The standard InChI is InChI=1S/C16H22N2O/c1-5-14-15(13-8-6-7-12(4)9-13)18(10-11(2)3)17-16(14)19/h6-9,11H,5,10H2,1-4H3,(H,17,19). The molecule has 0 amide bonds. The van der Waals surface area contributed by atoms with Crippen LogP contribution in [0.1, 0.15) is 31.9 Å². The largest absolute Gasteiger partial charge is 0.492 e. The quantitative estimate of drug-likeness (QED) is 0.906. The topological polar surface area (TPSA) is 38.1 Å². The van der Waals surface area contributed by atoms with E-state index in [0.717, 1.165) is 29.8 Å². The smallest absolute Gasteiger partial charge is 0.234 e. The normalized spacial score (nSPS) is 11.2. The number of rotatable bonds is 4. The Labute approximate surface area is 114 Å². The Morgan fingerprint density at radius 1 is 1.32 bits per heavy atom. The fraction of sp³-hybridized carbons (Fsp3) is 0.438. The molecule has 102 valence electrons. The average molecular weight is 258 g/mol. The molecule has 1 aromatic carbocycles. The molecule has 3 heteroatoms. The summed E-state index contributed by atoms with van der Waals surface area (Å²) >= 11 is 0. The lowest BCUT2D eigenvalue weighted by Crippen LogP contribution is -2.08. The number of aromatic hydroxyl groups is 1. The molecule has 3 nitrogen and oxygen atoms in total. The molecule has 0 spiro atoms. The summed E-state index contributed by atoms with van der Waals surface area (Å²) in [7, 11) is 0. The second-order valence-electron chi connectivity index (χ2n) is 5.45. The van der Waals surface area contributed by atoms with Crippen molar-refractivity contribution < 1.29 is 5.11 Å². The summed E-state index contributed by atoms with van der Waals surface area (Å²) in [5.41, 5.74) is 4.34. The van der Waals surface area contributed by atoms with E-state index in [-0.39, 0.29) is 5.88 Å². The summed E-state index contributed by atoms with van der Waals surface area (Å²) in [6, 6.07) is 8.36. The summed E-state index contributed by atoms with van der Waals surface area (Å²) in [6.45, 7) is 9.26. The second-order valence-corrected chi connectivity index (χ2v) is 5.45. The fourth-order valence-electron chi connectivity index (χ4n) is 2.41. The van der Waals surface area contributed by atoms with E-state index < -0.39 is 0 Å². The summed E-state index contributed by atoms with van der Waals surface area (Å²) < 4.78 is 1.94. The van der Waals surface area contributed by atoms with E-state index in [0.29, 0.717) is 5.92 Å². The summed E-state index contributed by atoms with van der Waals surface area (Å²) in [6.07, 6.45) is 0.785. The van der Waals surface area contributed by atoms with Crippen molar-refractivity contribution in [2.24, 2.45) is 5.92 Å². The number of nitrogens with zero attached hydrogens (tertiary/aromatic N) is 2. The molecule has 0 saturated heterocycles. The van der Waals surface area contributed by atoms with Crippen molar-refractivity contribution in [2.45, 2.75) is 40.7 Å². The molecule has 1 N–H and O–H groups in total. The predicted molar refractivity (Wildman–Crippen MR) is 78.3 cm³/mol. The average Bonchev–Trinajstić information content (AvgIpc) is 2.64. The van der Waals surface area contributed by atoms with Gasteiger partial charge < -0.3 is 5.11 Å². The first-order valence-electron chi connectivity index (χ1n) is 6.88. The van der Waals surface area contributed by atoms with Crippen LogP contribution < -0.4 is 0 Å². The zero-order chi connectivity index (χ0) is 14.0. The first-order valence-corrected chi connectivity index (χ1v) is 6.88. The van der Waals surface area contributed by atoms with Crippen molar-refractivity contribution in [3.8, 4) is 17.1 Å². The zero-order valence-electron chi connectivity index (χ0n) is 12.1. The molecule has 0 atom stereocenters. The van der Waals surface area contributed by atoms with E-state index in [2.05, 4.69) is 51.0 Å². The van der Waals surface area contributed by atoms with Gasteiger partial charge in [0.05, 0.1) is 5.69 Å². The minimum absolute atomic E-state index is 0.166. The number of aryl methyl sites for hydroxylation is 1. The van der Waals surface area contributed by atoms with Gasteiger partial charge in [-0.2, -0.15) is 0 Å². The Morgan fingerprint density at radius 2 is 2.05 bits per heavy atom. The number of aromatic nitrogens is 2. The van der Waals surface area contributed by atoms with Crippen LogP contribution in [0, 0.1) is 12.8 Å². The molecule has 2 aromatic rings. The van der Waals surface area contributed by atoms with Crippen molar-refractivity contribution in [2.75, 3.05) is 0 Å². The van der Waals surface area contributed by atoms with Gasteiger partial charge in [-0.25, -0.2) is 0 Å². The van der Waals surface area contributed by atoms with Gasteiger partial charge in [-0.1, -0.05) is 44.5 Å². The Bertz CT molecular complexity index is 570. The molecule has 1 aromatic heterocycles. The lowest BCUT2D eigenvalue weighted by atomic mass is 10.0. The summed E-state index contributed by atoms with van der Waals surface area (Å²) in [5.74, 6) is 0.659. The summed E-state index contributed by atoms with van der Waals surface area (Å²) in [5, 5.41) is 14.3. The minimum atomic E-state index is 0.166. The molecule has 0 aliphatic heterocycles.